The van der Waals surface area contributed by atoms with Crippen molar-refractivity contribution in [2.24, 2.45) is 5.84 Å². The number of nitrogens with two attached hydrogens (primary N) is 1. The number of nitrogens with zero attached hydrogens (tertiary/aromatic N) is 4. The first kappa shape index (κ1) is 14.4. The van der Waals surface area contributed by atoms with Crippen molar-refractivity contribution < 1.29 is 0 Å². The minimum Gasteiger partial charge on any atom is -0.354 e. The van der Waals surface area contributed by atoms with Gasteiger partial charge in [0.25, 0.3) is 0 Å². The summed E-state index contributed by atoms with van der Waals surface area (Å²) >= 11 is 0. The van der Waals surface area contributed by atoms with E-state index in [0.29, 0.717) is 24.4 Å². The average Bonchev–Trinajstić information content (AvgIpc) is 2.41. The van der Waals surface area contributed by atoms with E-state index in [1.54, 1.807) is 0 Å². The first-order chi connectivity index (χ1) is 8.71. The van der Waals surface area contributed by atoms with Crippen LogP contribution in [0.1, 0.15) is 33.6 Å². The molecule has 0 amide bonds. The summed E-state index contributed by atoms with van der Waals surface area (Å²) in [5, 5.41) is 7.79. The van der Waals surface area contributed by atoms with Crippen molar-refractivity contribution in [3.63, 3.8) is 0 Å². The van der Waals surface area contributed by atoms with Gasteiger partial charge in [-0.1, -0.05) is 13.8 Å². The lowest BCUT2D eigenvalue weighted by atomic mass is 10.5. The van der Waals surface area contributed by atoms with Crippen LogP contribution in [0, 0.1) is 0 Å². The predicted molar refractivity (Wildman–Crippen MR) is 74.6 cm³/mol. The van der Waals surface area contributed by atoms with Gasteiger partial charge in [0.1, 0.15) is 0 Å². The molecule has 7 heteroatoms. The molecule has 0 unspecified atom stereocenters. The van der Waals surface area contributed by atoms with E-state index >= 15 is 0 Å². The summed E-state index contributed by atoms with van der Waals surface area (Å²) in [5.41, 5.74) is 0. The molecule has 0 bridgehead atoms. The molecule has 102 valence electrons. The van der Waals surface area contributed by atoms with Crippen LogP contribution in [0.3, 0.4) is 0 Å². The molecular formula is C11H23N7. The third kappa shape index (κ3) is 4.33. The summed E-state index contributed by atoms with van der Waals surface area (Å²) in [6.45, 7) is 8.42. The Morgan fingerprint density at radius 2 is 1.44 bits per heavy atom. The fourth-order valence-corrected chi connectivity index (χ4v) is 1.27. The first-order valence-electron chi connectivity index (χ1n) is 6.47. The second-order valence-electron chi connectivity index (χ2n) is 3.92. The number of nitrogens with one attached hydrogen (secondary N) is 2. The van der Waals surface area contributed by atoms with Gasteiger partial charge in [0.2, 0.25) is 17.8 Å². The average molecular weight is 253 g/mol. The molecule has 0 aliphatic carbocycles. The minimum absolute atomic E-state index is 0.477. The molecule has 18 heavy (non-hydrogen) atoms. The normalized spacial score (nSPS) is 10.2. The van der Waals surface area contributed by atoms with Crippen LogP contribution in [-0.2, 0) is 0 Å². The van der Waals surface area contributed by atoms with Crippen molar-refractivity contribution in [1.29, 1.82) is 0 Å². The summed E-state index contributed by atoms with van der Waals surface area (Å²) in [4.78, 5) is 12.9. The van der Waals surface area contributed by atoms with Gasteiger partial charge < -0.3 is 10.6 Å². The Kier molecular flexibility index (Phi) is 6.13. The van der Waals surface area contributed by atoms with Crippen LogP contribution in [0.25, 0.3) is 0 Å². The highest BCUT2D eigenvalue weighted by Crippen LogP contribution is 2.11. The van der Waals surface area contributed by atoms with Gasteiger partial charge in [0.05, 0.1) is 0 Å². The van der Waals surface area contributed by atoms with Gasteiger partial charge in [-0.2, -0.15) is 15.0 Å². The maximum atomic E-state index is 5.81. The van der Waals surface area contributed by atoms with E-state index in [9.17, 15) is 0 Å². The summed E-state index contributed by atoms with van der Waals surface area (Å²) < 4.78 is 0. The van der Waals surface area contributed by atoms with Crippen molar-refractivity contribution in [2.45, 2.75) is 33.6 Å². The van der Waals surface area contributed by atoms with Crippen LogP contribution in [0.2, 0.25) is 0 Å². The quantitative estimate of drug-likeness (QED) is 0.474. The number of hydrogen-bond acceptors (Lipinski definition) is 7. The standard InChI is InChI=1S/C11H23N7/c1-4-7-13-9-15-10(14-8-5-2)17-11(16-9)18(12)6-3/h4-8,12H2,1-3H3,(H2,13,14,15,16,17). The maximum Gasteiger partial charge on any atom is 0.246 e. The Morgan fingerprint density at radius 1 is 0.944 bits per heavy atom. The zero-order valence-electron chi connectivity index (χ0n) is 11.4. The van der Waals surface area contributed by atoms with Crippen molar-refractivity contribution in [3.05, 3.63) is 0 Å². The van der Waals surface area contributed by atoms with Crippen LogP contribution in [0.4, 0.5) is 17.8 Å². The fraction of sp³-hybridized carbons (Fsp3) is 0.727. The Hall–Kier alpha value is -1.63. The zero-order chi connectivity index (χ0) is 13.4. The second-order valence-corrected chi connectivity index (χ2v) is 3.92. The molecule has 0 saturated carbocycles. The molecule has 0 radical (unpaired) electrons. The highest BCUT2D eigenvalue weighted by atomic mass is 15.5. The zero-order valence-corrected chi connectivity index (χ0v) is 11.4. The van der Waals surface area contributed by atoms with E-state index in [4.69, 9.17) is 5.84 Å². The molecule has 0 fully saturated rings. The number of aromatic nitrogens is 3. The fourth-order valence-electron chi connectivity index (χ4n) is 1.27. The highest BCUT2D eigenvalue weighted by Gasteiger charge is 2.09. The van der Waals surface area contributed by atoms with Crippen LogP contribution in [-0.4, -0.2) is 34.6 Å². The molecule has 7 nitrogen and oxygen atoms in total. The van der Waals surface area contributed by atoms with E-state index in [2.05, 4.69) is 39.4 Å². The first-order valence-corrected chi connectivity index (χ1v) is 6.47. The summed E-state index contributed by atoms with van der Waals surface area (Å²) in [6, 6.07) is 0. The number of rotatable bonds is 8. The van der Waals surface area contributed by atoms with Crippen LogP contribution < -0.4 is 21.5 Å². The lowest BCUT2D eigenvalue weighted by Crippen LogP contribution is -2.32. The van der Waals surface area contributed by atoms with E-state index in [-0.39, 0.29) is 0 Å². The van der Waals surface area contributed by atoms with E-state index < -0.39 is 0 Å². The Labute approximate surface area is 108 Å². The second kappa shape index (κ2) is 7.65. The highest BCUT2D eigenvalue weighted by molar-refractivity contribution is 5.42. The molecule has 0 aliphatic rings. The third-order valence-corrected chi connectivity index (χ3v) is 2.29. The maximum absolute atomic E-state index is 5.81. The molecule has 1 rings (SSSR count). The molecular weight excluding hydrogens is 230 g/mol. The third-order valence-electron chi connectivity index (χ3n) is 2.29. The van der Waals surface area contributed by atoms with E-state index in [1.807, 2.05) is 6.92 Å². The van der Waals surface area contributed by atoms with E-state index in [1.165, 1.54) is 5.01 Å². The SMILES string of the molecule is CCCNc1nc(NCCC)nc(N(N)CC)n1. The van der Waals surface area contributed by atoms with Crippen molar-refractivity contribution >= 4 is 17.8 Å². The monoisotopic (exact) mass is 253 g/mol. The number of anilines is 3. The van der Waals surface area contributed by atoms with Crippen LogP contribution >= 0.6 is 0 Å². The Bertz CT molecular complexity index is 329. The van der Waals surface area contributed by atoms with Crippen molar-refractivity contribution in [2.75, 3.05) is 35.3 Å². The largest absolute Gasteiger partial charge is 0.354 e. The molecule has 4 N–H and O–H groups in total. The van der Waals surface area contributed by atoms with Gasteiger partial charge in [-0.15, -0.1) is 0 Å². The molecule has 0 aromatic carbocycles. The van der Waals surface area contributed by atoms with Gasteiger partial charge in [-0.05, 0) is 19.8 Å². The van der Waals surface area contributed by atoms with Crippen molar-refractivity contribution in [3.8, 4) is 0 Å². The Balaban J connectivity index is 2.88. The summed E-state index contributed by atoms with van der Waals surface area (Å²) in [5.74, 6) is 7.41. The van der Waals surface area contributed by atoms with Crippen LogP contribution in [0.5, 0.6) is 0 Å². The van der Waals surface area contributed by atoms with Gasteiger partial charge in [0.15, 0.2) is 0 Å². The van der Waals surface area contributed by atoms with Gasteiger partial charge in [-0.3, -0.25) is 5.01 Å². The number of hydrazine groups is 1. The van der Waals surface area contributed by atoms with Gasteiger partial charge >= 0.3 is 0 Å². The summed E-state index contributed by atoms with van der Waals surface area (Å²) in [6.07, 6.45) is 2.03. The van der Waals surface area contributed by atoms with E-state index in [0.717, 1.165) is 25.9 Å². The molecule has 1 heterocycles. The minimum atomic E-state index is 0.477. The van der Waals surface area contributed by atoms with Crippen molar-refractivity contribution in [1.82, 2.24) is 15.0 Å². The lowest BCUT2D eigenvalue weighted by Gasteiger charge is -2.16. The predicted octanol–water partition coefficient (Wildman–Crippen LogP) is 1.22. The molecule has 0 saturated heterocycles. The lowest BCUT2D eigenvalue weighted by molar-refractivity contribution is 0.822. The molecule has 0 aliphatic heterocycles. The van der Waals surface area contributed by atoms with Gasteiger partial charge in [-0.25, -0.2) is 5.84 Å². The number of hydrogen-bond donors (Lipinski definition) is 3. The molecule has 0 spiro atoms. The Morgan fingerprint density at radius 3 is 1.83 bits per heavy atom. The summed E-state index contributed by atoms with van der Waals surface area (Å²) in [7, 11) is 0. The molecule has 0 atom stereocenters. The topological polar surface area (TPSA) is 92.0 Å². The molecule has 1 aromatic heterocycles. The van der Waals surface area contributed by atoms with Gasteiger partial charge in [0, 0.05) is 19.6 Å². The molecule has 1 aromatic rings. The smallest absolute Gasteiger partial charge is 0.246 e. The van der Waals surface area contributed by atoms with Crippen LogP contribution in [0.15, 0.2) is 0 Å².